The van der Waals surface area contributed by atoms with Crippen LogP contribution in [-0.2, 0) is 0 Å². The van der Waals surface area contributed by atoms with Crippen LogP contribution in [0.3, 0.4) is 0 Å². The zero-order valence-electron chi connectivity index (χ0n) is 4.29. The van der Waals surface area contributed by atoms with Gasteiger partial charge in [-0.15, -0.1) is 0 Å². The molecule has 0 bridgehead atoms. The molecular formula is C3H6FNaO. The zero-order valence-corrected chi connectivity index (χ0v) is 6.29. The average Bonchev–Trinajstić information content (AvgIpc) is 0.722. The van der Waals surface area contributed by atoms with Crippen molar-refractivity contribution in [3.63, 3.8) is 0 Å². The molecule has 0 aromatic heterocycles. The Morgan fingerprint density at radius 3 is 1.50 bits per heavy atom. The summed E-state index contributed by atoms with van der Waals surface area (Å²) in [4.78, 5) is 0. The molecule has 0 radical (unpaired) electrons. The molecule has 0 spiro atoms. The molecule has 0 atom stereocenters. The van der Waals surface area contributed by atoms with Gasteiger partial charge in [-0.1, -0.05) is 0 Å². The van der Waals surface area contributed by atoms with Crippen LogP contribution in [0.25, 0.3) is 0 Å². The first-order chi connectivity index (χ1) is 2.00. The van der Waals surface area contributed by atoms with E-state index < -0.39 is 5.85 Å². The van der Waals surface area contributed by atoms with Crippen LogP contribution in [0.5, 0.6) is 0 Å². The number of rotatable bonds is 0. The maximum Gasteiger partial charge on any atom is 1.00 e. The Hall–Kier alpha value is 0.890. The third-order valence-corrected chi connectivity index (χ3v) is 0. The molecule has 32 valence electrons. The largest absolute Gasteiger partial charge is 1.00 e. The Bertz CT molecular complexity index is 26.3. The molecule has 0 aromatic rings. The molecule has 0 aliphatic carbocycles. The Balaban J connectivity index is 0. The normalized spacial score (nSPS) is 10.0. The Morgan fingerprint density at radius 2 is 1.50 bits per heavy atom. The molecule has 0 N–H and O–H groups in total. The number of hydrogen-bond acceptors (Lipinski definition) is 1. The van der Waals surface area contributed by atoms with Crippen LogP contribution in [0.2, 0.25) is 0 Å². The van der Waals surface area contributed by atoms with E-state index in [-0.39, 0.29) is 29.6 Å². The topological polar surface area (TPSA) is 23.1 Å². The van der Waals surface area contributed by atoms with Gasteiger partial charge in [-0.3, -0.25) is 4.39 Å². The number of hydrogen-bond donors (Lipinski definition) is 0. The van der Waals surface area contributed by atoms with E-state index in [1.807, 2.05) is 0 Å². The van der Waals surface area contributed by atoms with Gasteiger partial charge in [0.15, 0.2) is 0 Å². The molecule has 0 amide bonds. The molecule has 0 fully saturated rings. The van der Waals surface area contributed by atoms with Crippen LogP contribution in [0.4, 0.5) is 4.39 Å². The average molecular weight is 100 g/mol. The SMILES string of the molecule is CC(C)([O-])F.[Na+]. The summed E-state index contributed by atoms with van der Waals surface area (Å²) in [7, 11) is 0. The van der Waals surface area contributed by atoms with Gasteiger partial charge in [0, 0.05) is 5.85 Å². The fraction of sp³-hybridized carbons (Fsp3) is 1.00. The molecule has 0 aliphatic heterocycles. The van der Waals surface area contributed by atoms with Crippen molar-refractivity contribution in [2.45, 2.75) is 19.7 Å². The Labute approximate surface area is 58.8 Å². The summed E-state index contributed by atoms with van der Waals surface area (Å²) in [5, 5.41) is 9.44. The van der Waals surface area contributed by atoms with Crippen LogP contribution in [-0.4, -0.2) is 5.85 Å². The maximum absolute atomic E-state index is 11.1. The molecule has 0 saturated carbocycles. The van der Waals surface area contributed by atoms with Gasteiger partial charge in [0.05, 0.1) is 0 Å². The van der Waals surface area contributed by atoms with Crippen molar-refractivity contribution in [2.24, 2.45) is 0 Å². The fourth-order valence-corrected chi connectivity index (χ4v) is 0. The van der Waals surface area contributed by atoms with E-state index in [2.05, 4.69) is 0 Å². The van der Waals surface area contributed by atoms with E-state index in [4.69, 9.17) is 0 Å². The van der Waals surface area contributed by atoms with Crippen LogP contribution >= 0.6 is 0 Å². The van der Waals surface area contributed by atoms with Gasteiger partial charge >= 0.3 is 29.6 Å². The van der Waals surface area contributed by atoms with Crippen molar-refractivity contribution in [3.05, 3.63) is 0 Å². The van der Waals surface area contributed by atoms with Crippen LogP contribution in [0.1, 0.15) is 13.8 Å². The van der Waals surface area contributed by atoms with Crippen molar-refractivity contribution in [1.29, 1.82) is 0 Å². The van der Waals surface area contributed by atoms with Crippen LogP contribution in [0.15, 0.2) is 0 Å². The van der Waals surface area contributed by atoms with E-state index in [1.54, 1.807) is 0 Å². The molecule has 6 heavy (non-hydrogen) atoms. The van der Waals surface area contributed by atoms with E-state index in [0.29, 0.717) is 0 Å². The summed E-state index contributed by atoms with van der Waals surface area (Å²) in [5.41, 5.74) is 0. The van der Waals surface area contributed by atoms with Gasteiger partial charge in [-0.25, -0.2) is 0 Å². The minimum atomic E-state index is -2.25. The third kappa shape index (κ3) is 93.4. The fourth-order valence-electron chi connectivity index (χ4n) is 0. The van der Waals surface area contributed by atoms with Gasteiger partial charge in [-0.2, -0.15) is 0 Å². The van der Waals surface area contributed by atoms with E-state index in [9.17, 15) is 9.50 Å². The second kappa shape index (κ2) is 2.97. The zero-order chi connectivity index (χ0) is 4.50. The Kier molecular flexibility index (Phi) is 4.94. The summed E-state index contributed by atoms with van der Waals surface area (Å²) in [6, 6.07) is 0. The van der Waals surface area contributed by atoms with Gasteiger partial charge in [0.1, 0.15) is 0 Å². The molecule has 0 saturated heterocycles. The van der Waals surface area contributed by atoms with Crippen molar-refractivity contribution >= 4 is 0 Å². The minimum absolute atomic E-state index is 0. The summed E-state index contributed by atoms with van der Waals surface area (Å²) in [6.45, 7) is 1.93. The standard InChI is InChI=1S/C3H6FO.Na/c1-3(2,4)5;/h1-2H3;/q-1;+1. The monoisotopic (exact) mass is 100 g/mol. The molecule has 0 rings (SSSR count). The molecule has 0 unspecified atom stereocenters. The summed E-state index contributed by atoms with van der Waals surface area (Å²) in [5.74, 6) is -2.25. The first-order valence-electron chi connectivity index (χ1n) is 1.39. The van der Waals surface area contributed by atoms with E-state index in [0.717, 1.165) is 13.8 Å². The predicted octanol–water partition coefficient (Wildman–Crippen LogP) is -2.94. The third-order valence-electron chi connectivity index (χ3n) is 0. The molecule has 0 aliphatic rings. The minimum Gasteiger partial charge on any atom is -0.825 e. The van der Waals surface area contributed by atoms with Gasteiger partial charge in [-0.05, 0) is 13.8 Å². The second-order valence-corrected chi connectivity index (χ2v) is 1.36. The maximum atomic E-state index is 11.1. The van der Waals surface area contributed by atoms with Gasteiger partial charge < -0.3 is 5.11 Å². The van der Waals surface area contributed by atoms with Crippen molar-refractivity contribution in [2.75, 3.05) is 0 Å². The van der Waals surface area contributed by atoms with Gasteiger partial charge in [0.2, 0.25) is 0 Å². The second-order valence-electron chi connectivity index (χ2n) is 1.36. The molecule has 1 nitrogen and oxygen atoms in total. The predicted molar refractivity (Wildman–Crippen MR) is 15.2 cm³/mol. The smallest absolute Gasteiger partial charge is 0.825 e. The van der Waals surface area contributed by atoms with Crippen molar-refractivity contribution in [3.8, 4) is 0 Å². The van der Waals surface area contributed by atoms with E-state index >= 15 is 0 Å². The summed E-state index contributed by atoms with van der Waals surface area (Å²) < 4.78 is 11.1. The number of alkyl halides is 1. The van der Waals surface area contributed by atoms with Crippen molar-refractivity contribution < 1.29 is 39.1 Å². The van der Waals surface area contributed by atoms with Crippen LogP contribution in [0, 0.1) is 0 Å². The van der Waals surface area contributed by atoms with Gasteiger partial charge in [0.25, 0.3) is 0 Å². The summed E-state index contributed by atoms with van der Waals surface area (Å²) in [6.07, 6.45) is 0. The number of halogens is 1. The van der Waals surface area contributed by atoms with Crippen molar-refractivity contribution in [1.82, 2.24) is 0 Å². The molecule has 0 aromatic carbocycles. The van der Waals surface area contributed by atoms with E-state index in [1.165, 1.54) is 0 Å². The Morgan fingerprint density at radius 1 is 1.50 bits per heavy atom. The molecule has 3 heteroatoms. The first-order valence-corrected chi connectivity index (χ1v) is 1.39. The molecule has 0 heterocycles. The molecular weight excluding hydrogens is 94.0 g/mol. The van der Waals surface area contributed by atoms with Crippen LogP contribution < -0.4 is 34.7 Å². The first kappa shape index (κ1) is 10.00. The summed E-state index contributed by atoms with van der Waals surface area (Å²) >= 11 is 0. The quantitative estimate of drug-likeness (QED) is 0.299.